The first-order valence-electron chi connectivity index (χ1n) is 8.79. The number of carbonyl (C=O) groups excluding carboxylic acids is 2. The lowest BCUT2D eigenvalue weighted by atomic mass is 9.94. The lowest BCUT2D eigenvalue weighted by molar-refractivity contribution is -0.125. The van der Waals surface area contributed by atoms with Crippen LogP contribution < -0.4 is 14.8 Å². The molecule has 2 heterocycles. The molecule has 0 aliphatic carbocycles. The van der Waals surface area contributed by atoms with Gasteiger partial charge in [-0.2, -0.15) is 0 Å². The fourth-order valence-corrected chi connectivity index (χ4v) is 3.58. The molecule has 27 heavy (non-hydrogen) atoms. The number of carbonyl (C=O) groups is 2. The molecular weight excluding hydrogens is 350 g/mol. The zero-order valence-electron chi connectivity index (χ0n) is 16.1. The Morgan fingerprint density at radius 1 is 1.19 bits per heavy atom. The summed E-state index contributed by atoms with van der Waals surface area (Å²) in [6, 6.07) is 4.59. The van der Waals surface area contributed by atoms with Crippen molar-refractivity contribution in [2.45, 2.75) is 12.5 Å². The highest BCUT2D eigenvalue weighted by Gasteiger charge is 2.43. The highest BCUT2D eigenvalue weighted by molar-refractivity contribution is 6.01. The molecule has 3 amide bonds. The summed E-state index contributed by atoms with van der Waals surface area (Å²) in [7, 11) is 6.41. The first-order chi connectivity index (χ1) is 13.0. The van der Waals surface area contributed by atoms with Crippen molar-refractivity contribution in [2.24, 2.45) is 0 Å². The number of nitrogens with one attached hydrogen (secondary N) is 1. The van der Waals surface area contributed by atoms with Gasteiger partial charge in [0.05, 0.1) is 38.1 Å². The molecule has 0 saturated heterocycles. The van der Waals surface area contributed by atoms with Crippen LogP contribution in [-0.2, 0) is 9.53 Å². The average molecular weight is 375 g/mol. The number of ether oxygens (including phenoxy) is 3. The number of hydrogen-bond donors (Lipinski definition) is 1. The van der Waals surface area contributed by atoms with Gasteiger partial charge in [-0.05, 0) is 12.5 Å². The molecule has 1 atom stereocenters. The van der Waals surface area contributed by atoms with Crippen LogP contribution >= 0.6 is 0 Å². The molecule has 0 spiro atoms. The average Bonchev–Trinajstić information content (AvgIpc) is 3.01. The molecule has 2 aliphatic rings. The summed E-state index contributed by atoms with van der Waals surface area (Å²) in [5.74, 6) is 0.975. The van der Waals surface area contributed by atoms with E-state index in [1.54, 1.807) is 39.3 Å². The van der Waals surface area contributed by atoms with E-state index in [1.807, 2.05) is 12.1 Å². The minimum Gasteiger partial charge on any atom is -0.493 e. The zero-order valence-corrected chi connectivity index (χ0v) is 16.1. The van der Waals surface area contributed by atoms with Crippen LogP contribution in [-0.4, -0.2) is 69.8 Å². The first kappa shape index (κ1) is 19.0. The largest absolute Gasteiger partial charge is 0.493 e. The molecule has 1 aromatic carbocycles. The highest BCUT2D eigenvalue weighted by Crippen LogP contribution is 2.42. The fourth-order valence-electron chi connectivity index (χ4n) is 3.58. The number of nitrogens with zero attached hydrogens (tertiary/aromatic N) is 2. The number of hydrogen-bond acceptors (Lipinski definition) is 5. The quantitative estimate of drug-likeness (QED) is 0.731. The second-order valence-corrected chi connectivity index (χ2v) is 6.46. The molecule has 0 radical (unpaired) electrons. The third kappa shape index (κ3) is 3.32. The van der Waals surface area contributed by atoms with Crippen LogP contribution in [0.5, 0.6) is 11.5 Å². The second-order valence-electron chi connectivity index (χ2n) is 6.46. The summed E-state index contributed by atoms with van der Waals surface area (Å²) in [6.45, 7) is 1.56. The molecule has 1 aromatic rings. The van der Waals surface area contributed by atoms with Crippen LogP contribution in [0.3, 0.4) is 0 Å². The van der Waals surface area contributed by atoms with Crippen LogP contribution in [0.15, 0.2) is 29.5 Å². The van der Waals surface area contributed by atoms with E-state index in [1.165, 1.54) is 4.90 Å². The Hall–Kier alpha value is -2.74. The van der Waals surface area contributed by atoms with Crippen molar-refractivity contribution in [3.05, 3.63) is 35.0 Å². The normalized spacial score (nSPS) is 19.3. The van der Waals surface area contributed by atoms with Crippen LogP contribution in [0.2, 0.25) is 0 Å². The molecule has 0 unspecified atom stereocenters. The first-order valence-corrected chi connectivity index (χ1v) is 8.79. The molecule has 1 N–H and O–H groups in total. The van der Waals surface area contributed by atoms with E-state index in [0.717, 1.165) is 12.1 Å². The third-order valence-electron chi connectivity index (χ3n) is 4.96. The smallest absolute Gasteiger partial charge is 0.322 e. The van der Waals surface area contributed by atoms with E-state index in [4.69, 9.17) is 14.2 Å². The predicted octanol–water partition coefficient (Wildman–Crippen LogP) is 1.53. The van der Waals surface area contributed by atoms with Gasteiger partial charge in [0.15, 0.2) is 11.5 Å². The molecule has 3 rings (SSSR count). The van der Waals surface area contributed by atoms with Gasteiger partial charge in [0.2, 0.25) is 0 Å². The predicted molar refractivity (Wildman–Crippen MR) is 98.7 cm³/mol. The molecule has 2 aliphatic heterocycles. The molecule has 0 aromatic heterocycles. The Balaban J connectivity index is 2.00. The number of urea groups is 1. The van der Waals surface area contributed by atoms with Gasteiger partial charge in [-0.1, -0.05) is 12.1 Å². The van der Waals surface area contributed by atoms with E-state index in [9.17, 15) is 9.59 Å². The van der Waals surface area contributed by atoms with Crippen LogP contribution in [0, 0.1) is 0 Å². The SMILES string of the molecule is COCCCN1CC2=C(C1=O)[C@@H](c1cccc(OC)c1OC)NC(=O)N2C. The molecule has 0 fully saturated rings. The van der Waals surface area contributed by atoms with E-state index in [-0.39, 0.29) is 11.9 Å². The molecule has 8 nitrogen and oxygen atoms in total. The fraction of sp³-hybridized carbons (Fsp3) is 0.474. The van der Waals surface area contributed by atoms with Gasteiger partial charge in [-0.3, -0.25) is 9.69 Å². The van der Waals surface area contributed by atoms with Crippen molar-refractivity contribution >= 4 is 11.9 Å². The Morgan fingerprint density at radius 2 is 1.96 bits per heavy atom. The second kappa shape index (κ2) is 7.87. The Morgan fingerprint density at radius 3 is 2.63 bits per heavy atom. The van der Waals surface area contributed by atoms with Gasteiger partial charge in [0.25, 0.3) is 5.91 Å². The van der Waals surface area contributed by atoms with Crippen molar-refractivity contribution in [2.75, 3.05) is 48.1 Å². The number of amides is 3. The maximum absolute atomic E-state index is 13.1. The number of rotatable bonds is 7. The van der Waals surface area contributed by atoms with Crippen LogP contribution in [0.25, 0.3) is 0 Å². The van der Waals surface area contributed by atoms with Gasteiger partial charge in [0, 0.05) is 32.9 Å². The van der Waals surface area contributed by atoms with Crippen molar-refractivity contribution in [3.63, 3.8) is 0 Å². The van der Waals surface area contributed by atoms with Gasteiger partial charge < -0.3 is 24.4 Å². The summed E-state index contributed by atoms with van der Waals surface area (Å²) in [5.41, 5.74) is 1.98. The Labute approximate surface area is 158 Å². The van der Waals surface area contributed by atoms with Crippen LogP contribution in [0.4, 0.5) is 4.79 Å². The van der Waals surface area contributed by atoms with Gasteiger partial charge in [0.1, 0.15) is 0 Å². The van der Waals surface area contributed by atoms with Crippen molar-refractivity contribution in [3.8, 4) is 11.5 Å². The number of likely N-dealkylation sites (N-methyl/N-ethyl adjacent to an activating group) is 1. The van der Waals surface area contributed by atoms with Gasteiger partial charge >= 0.3 is 6.03 Å². The number of methoxy groups -OCH3 is 3. The van der Waals surface area contributed by atoms with Crippen molar-refractivity contribution in [1.82, 2.24) is 15.1 Å². The third-order valence-corrected chi connectivity index (χ3v) is 4.96. The maximum Gasteiger partial charge on any atom is 0.322 e. The van der Waals surface area contributed by atoms with E-state index < -0.39 is 6.04 Å². The lowest BCUT2D eigenvalue weighted by Gasteiger charge is -2.31. The summed E-state index contributed by atoms with van der Waals surface area (Å²) in [5, 5.41) is 2.92. The molecular formula is C19H25N3O5. The lowest BCUT2D eigenvalue weighted by Crippen LogP contribution is -2.45. The summed E-state index contributed by atoms with van der Waals surface area (Å²) in [4.78, 5) is 28.9. The number of para-hydroxylation sites is 1. The van der Waals surface area contributed by atoms with Crippen molar-refractivity contribution < 1.29 is 23.8 Å². The standard InChI is InChI=1S/C19H25N3O5/c1-21-13-11-22(9-6-10-25-2)18(23)15(13)16(20-19(21)24)12-7-5-8-14(26-3)17(12)27-4/h5,7-8,16H,6,9-11H2,1-4H3,(H,20,24)/t16-/m1/s1. The monoisotopic (exact) mass is 375 g/mol. The summed E-state index contributed by atoms with van der Waals surface area (Å²) >= 11 is 0. The Bertz CT molecular complexity index is 777. The van der Waals surface area contributed by atoms with Gasteiger partial charge in [-0.15, -0.1) is 0 Å². The van der Waals surface area contributed by atoms with Crippen molar-refractivity contribution in [1.29, 1.82) is 0 Å². The van der Waals surface area contributed by atoms with E-state index in [2.05, 4.69) is 5.32 Å². The molecule has 146 valence electrons. The molecule has 8 heteroatoms. The summed E-state index contributed by atoms with van der Waals surface area (Å²) < 4.78 is 16.0. The molecule has 0 bridgehead atoms. The highest BCUT2D eigenvalue weighted by atomic mass is 16.5. The van der Waals surface area contributed by atoms with Crippen LogP contribution in [0.1, 0.15) is 18.0 Å². The molecule has 0 saturated carbocycles. The maximum atomic E-state index is 13.1. The minimum absolute atomic E-state index is 0.0807. The minimum atomic E-state index is -0.589. The van der Waals surface area contributed by atoms with Gasteiger partial charge in [-0.25, -0.2) is 4.79 Å². The van der Waals surface area contributed by atoms with E-state index in [0.29, 0.717) is 42.3 Å². The topological polar surface area (TPSA) is 80.3 Å². The Kier molecular flexibility index (Phi) is 5.55. The number of benzene rings is 1. The summed E-state index contributed by atoms with van der Waals surface area (Å²) in [6.07, 6.45) is 0.737. The zero-order chi connectivity index (χ0) is 19.6. The van der Waals surface area contributed by atoms with E-state index >= 15 is 0 Å².